The molecule has 2 aromatic rings. The van der Waals surface area contributed by atoms with Crippen LogP contribution in [-0.4, -0.2) is 36.9 Å². The molecule has 0 aliphatic carbocycles. The van der Waals surface area contributed by atoms with Gasteiger partial charge in [0.25, 0.3) is 0 Å². The Morgan fingerprint density at radius 3 is 2.00 bits per heavy atom. The molecule has 1 atom stereocenters. The summed E-state index contributed by atoms with van der Waals surface area (Å²) in [4.78, 5) is 25.2. The molecule has 1 N–H and O–H groups in total. The van der Waals surface area contributed by atoms with Crippen LogP contribution in [0.2, 0.25) is 0 Å². The molecule has 0 saturated carbocycles. The Morgan fingerprint density at radius 1 is 0.846 bits per heavy atom. The zero-order valence-corrected chi connectivity index (χ0v) is 13.8. The first-order chi connectivity index (χ1) is 12.7. The highest BCUT2D eigenvalue weighted by Crippen LogP contribution is 2.34. The van der Waals surface area contributed by atoms with Gasteiger partial charge in [-0.1, -0.05) is 0 Å². The number of hydrogen-bond donors (Lipinski definition) is 1. The Labute approximate surface area is 149 Å². The van der Waals surface area contributed by atoms with E-state index in [1.54, 1.807) is 36.4 Å². The number of carbonyl (C=O) groups is 2. The minimum atomic E-state index is -0.840. The summed E-state index contributed by atoms with van der Waals surface area (Å²) in [5.41, 5.74) is 0.776. The highest BCUT2D eigenvalue weighted by molar-refractivity contribution is 6.04. The van der Waals surface area contributed by atoms with Gasteiger partial charge in [-0.3, -0.25) is 9.59 Å². The van der Waals surface area contributed by atoms with Crippen LogP contribution >= 0.6 is 0 Å². The molecular formula is C19H16O7. The Bertz CT molecular complexity index is 874. The highest BCUT2D eigenvalue weighted by Gasteiger charge is 2.26. The van der Waals surface area contributed by atoms with Gasteiger partial charge in [0, 0.05) is 17.5 Å². The van der Waals surface area contributed by atoms with E-state index in [4.69, 9.17) is 18.9 Å². The molecule has 7 nitrogen and oxygen atoms in total. The van der Waals surface area contributed by atoms with E-state index in [9.17, 15) is 14.7 Å². The predicted octanol–water partition coefficient (Wildman–Crippen LogP) is 2.21. The van der Waals surface area contributed by atoms with Gasteiger partial charge in [0.05, 0.1) is 12.5 Å². The fourth-order valence-corrected chi connectivity index (χ4v) is 2.94. The summed E-state index contributed by atoms with van der Waals surface area (Å²) < 4.78 is 21.0. The summed E-state index contributed by atoms with van der Waals surface area (Å²) in [6.45, 7) is -0.197. The molecule has 2 aliphatic rings. The van der Waals surface area contributed by atoms with Gasteiger partial charge in [0.1, 0.15) is 0 Å². The first-order valence-electron chi connectivity index (χ1n) is 8.13. The molecule has 134 valence electrons. The van der Waals surface area contributed by atoms with Crippen molar-refractivity contribution in [1.29, 1.82) is 0 Å². The second-order valence-corrected chi connectivity index (χ2v) is 6.01. The lowest BCUT2D eigenvalue weighted by Crippen LogP contribution is -2.22. The van der Waals surface area contributed by atoms with Crippen LogP contribution in [0.15, 0.2) is 36.4 Å². The van der Waals surface area contributed by atoms with Crippen LogP contribution in [0.1, 0.15) is 27.1 Å². The van der Waals surface area contributed by atoms with Crippen molar-refractivity contribution >= 4 is 11.6 Å². The molecule has 4 rings (SSSR count). The minimum Gasteiger partial charge on any atom is -0.454 e. The highest BCUT2D eigenvalue weighted by atomic mass is 16.7. The molecule has 0 bridgehead atoms. The molecule has 26 heavy (non-hydrogen) atoms. The second kappa shape index (κ2) is 6.68. The van der Waals surface area contributed by atoms with Gasteiger partial charge in [0.15, 0.2) is 34.6 Å². The molecule has 0 fully saturated rings. The lowest BCUT2D eigenvalue weighted by Gasteiger charge is -2.13. The zero-order chi connectivity index (χ0) is 18.1. The number of ketones is 2. The van der Waals surface area contributed by atoms with Crippen LogP contribution in [0.4, 0.5) is 0 Å². The van der Waals surface area contributed by atoms with E-state index in [-0.39, 0.29) is 31.6 Å². The maximum Gasteiger partial charge on any atom is 0.231 e. The first-order valence-corrected chi connectivity index (χ1v) is 8.13. The Morgan fingerprint density at radius 2 is 1.38 bits per heavy atom. The average Bonchev–Trinajstić information content (AvgIpc) is 3.32. The standard InChI is InChI=1S/C19H16O7/c20-8-13(19(22)12-2-4-16-18(7-12)26-10-24-16)5-14(21)11-1-3-15-17(6-11)25-9-23-15/h1-4,6-7,13,20H,5,8-10H2/t13-/m1/s1. The van der Waals surface area contributed by atoms with E-state index in [1.165, 1.54) is 0 Å². The van der Waals surface area contributed by atoms with E-state index >= 15 is 0 Å². The number of carbonyl (C=O) groups excluding carboxylic acids is 2. The third-order valence-electron chi connectivity index (χ3n) is 4.37. The fourth-order valence-electron chi connectivity index (χ4n) is 2.94. The van der Waals surface area contributed by atoms with E-state index in [2.05, 4.69) is 0 Å². The average molecular weight is 356 g/mol. The van der Waals surface area contributed by atoms with Gasteiger partial charge < -0.3 is 24.1 Å². The third kappa shape index (κ3) is 2.97. The summed E-state index contributed by atoms with van der Waals surface area (Å²) in [7, 11) is 0. The number of aliphatic hydroxyl groups is 1. The molecule has 0 amide bonds. The summed E-state index contributed by atoms with van der Waals surface area (Å²) in [6.07, 6.45) is -0.108. The van der Waals surface area contributed by atoms with Crippen molar-refractivity contribution in [3.05, 3.63) is 47.5 Å². The molecule has 2 aromatic carbocycles. The van der Waals surface area contributed by atoms with Gasteiger partial charge in [-0.05, 0) is 36.4 Å². The van der Waals surface area contributed by atoms with Crippen molar-refractivity contribution in [2.75, 3.05) is 20.2 Å². The number of hydrogen-bond acceptors (Lipinski definition) is 7. The van der Waals surface area contributed by atoms with Crippen molar-refractivity contribution in [3.8, 4) is 23.0 Å². The number of benzene rings is 2. The van der Waals surface area contributed by atoms with E-state index in [0.717, 1.165) is 0 Å². The summed E-state index contributed by atoms with van der Waals surface area (Å²) in [5.74, 6) is 0.716. The Kier molecular flexibility index (Phi) is 4.22. The van der Waals surface area contributed by atoms with Gasteiger partial charge in [-0.2, -0.15) is 0 Å². The SMILES string of the molecule is O=C(C[C@H](CO)C(=O)c1ccc2c(c1)OCO2)c1ccc2c(c1)OCO2. The lowest BCUT2D eigenvalue weighted by atomic mass is 9.91. The monoisotopic (exact) mass is 356 g/mol. The molecule has 0 saturated heterocycles. The van der Waals surface area contributed by atoms with Gasteiger partial charge in [-0.25, -0.2) is 0 Å². The molecular weight excluding hydrogens is 340 g/mol. The molecule has 7 heteroatoms. The van der Waals surface area contributed by atoms with E-state index in [1.807, 2.05) is 0 Å². The fraction of sp³-hybridized carbons (Fsp3) is 0.263. The Balaban J connectivity index is 1.50. The molecule has 0 aromatic heterocycles. The molecule has 0 unspecified atom stereocenters. The maximum atomic E-state index is 12.7. The number of fused-ring (bicyclic) bond motifs is 2. The van der Waals surface area contributed by atoms with Crippen LogP contribution in [0.3, 0.4) is 0 Å². The molecule has 2 heterocycles. The van der Waals surface area contributed by atoms with Crippen LogP contribution in [0.25, 0.3) is 0 Å². The summed E-state index contributed by atoms with van der Waals surface area (Å²) >= 11 is 0. The number of ether oxygens (including phenoxy) is 4. The van der Waals surface area contributed by atoms with Crippen molar-refractivity contribution < 1.29 is 33.6 Å². The van der Waals surface area contributed by atoms with Crippen molar-refractivity contribution in [3.63, 3.8) is 0 Å². The van der Waals surface area contributed by atoms with Crippen LogP contribution < -0.4 is 18.9 Å². The maximum absolute atomic E-state index is 12.7. The van der Waals surface area contributed by atoms with Crippen LogP contribution in [0.5, 0.6) is 23.0 Å². The van der Waals surface area contributed by atoms with Gasteiger partial charge >= 0.3 is 0 Å². The third-order valence-corrected chi connectivity index (χ3v) is 4.37. The Hall–Kier alpha value is -3.06. The lowest BCUT2D eigenvalue weighted by molar-refractivity contribution is 0.0791. The van der Waals surface area contributed by atoms with Gasteiger partial charge in [0.2, 0.25) is 13.6 Å². The van der Waals surface area contributed by atoms with E-state index < -0.39 is 12.5 Å². The van der Waals surface area contributed by atoms with Crippen LogP contribution in [0, 0.1) is 5.92 Å². The smallest absolute Gasteiger partial charge is 0.231 e. The summed E-state index contributed by atoms with van der Waals surface area (Å²) in [6, 6.07) is 9.67. The van der Waals surface area contributed by atoms with Crippen molar-refractivity contribution in [2.45, 2.75) is 6.42 Å². The largest absolute Gasteiger partial charge is 0.454 e. The van der Waals surface area contributed by atoms with E-state index in [0.29, 0.717) is 34.1 Å². The van der Waals surface area contributed by atoms with Crippen LogP contribution in [-0.2, 0) is 0 Å². The molecule has 2 aliphatic heterocycles. The van der Waals surface area contributed by atoms with Gasteiger partial charge in [-0.15, -0.1) is 0 Å². The zero-order valence-electron chi connectivity index (χ0n) is 13.8. The second-order valence-electron chi connectivity index (χ2n) is 6.01. The van der Waals surface area contributed by atoms with Crippen molar-refractivity contribution in [1.82, 2.24) is 0 Å². The first kappa shape index (κ1) is 16.4. The predicted molar refractivity (Wildman–Crippen MR) is 89.0 cm³/mol. The quantitative estimate of drug-likeness (QED) is 0.794. The molecule has 0 radical (unpaired) electrons. The number of rotatable bonds is 6. The van der Waals surface area contributed by atoms with Crippen molar-refractivity contribution in [2.24, 2.45) is 5.92 Å². The minimum absolute atomic E-state index is 0.108. The summed E-state index contributed by atoms with van der Waals surface area (Å²) in [5, 5.41) is 9.63. The number of aliphatic hydroxyl groups excluding tert-OH is 1. The number of Topliss-reactive ketones (excluding diaryl/α,β-unsaturated/α-hetero) is 2. The molecule has 0 spiro atoms. The topological polar surface area (TPSA) is 91.3 Å². The normalized spacial score (nSPS) is 15.0.